The van der Waals surface area contributed by atoms with Gasteiger partial charge in [-0.05, 0) is 61.1 Å². The molecule has 33 heavy (non-hydrogen) atoms. The van der Waals surface area contributed by atoms with E-state index in [1.807, 2.05) is 30.5 Å². The van der Waals surface area contributed by atoms with E-state index in [9.17, 15) is 0 Å². The van der Waals surface area contributed by atoms with E-state index in [0.29, 0.717) is 0 Å². The Hall–Kier alpha value is -2.26. The maximum absolute atomic E-state index is 6.46. The van der Waals surface area contributed by atoms with Crippen molar-refractivity contribution < 1.29 is 9.15 Å². The lowest BCUT2D eigenvalue weighted by molar-refractivity contribution is 0.0347. The minimum Gasteiger partial charge on any atom is -0.459 e. The zero-order valence-corrected chi connectivity index (χ0v) is 20.9. The van der Waals surface area contributed by atoms with Crippen molar-refractivity contribution in [2.75, 3.05) is 39.4 Å². The minimum absolute atomic E-state index is 0.0774. The number of pyridine rings is 1. The van der Waals surface area contributed by atoms with E-state index in [1.54, 1.807) is 0 Å². The maximum atomic E-state index is 6.46. The number of morpholine rings is 1. The molecule has 2 atom stereocenters. The number of nitrogens with one attached hydrogen (secondary N) is 1. The molecule has 3 aromatic rings. The summed E-state index contributed by atoms with van der Waals surface area (Å²) in [6, 6.07) is 16.2. The van der Waals surface area contributed by atoms with Gasteiger partial charge in [-0.3, -0.25) is 9.88 Å². The number of benzene rings is 1. The van der Waals surface area contributed by atoms with E-state index < -0.39 is 0 Å². The molecule has 6 nitrogen and oxygen atoms in total. The zero-order chi connectivity index (χ0) is 22.8. The van der Waals surface area contributed by atoms with Crippen LogP contribution in [0.2, 0.25) is 0 Å². The van der Waals surface area contributed by atoms with Gasteiger partial charge in [0.15, 0.2) is 5.11 Å². The third-order valence-electron chi connectivity index (χ3n) is 6.27. The number of rotatable bonds is 6. The van der Waals surface area contributed by atoms with Crippen LogP contribution >= 0.6 is 28.1 Å². The first kappa shape index (κ1) is 22.5. The molecule has 2 saturated heterocycles. The van der Waals surface area contributed by atoms with Crippen LogP contribution in [0, 0.1) is 6.92 Å². The monoisotopic (exact) mass is 526 g/mol. The van der Waals surface area contributed by atoms with Crippen molar-refractivity contribution in [1.82, 2.24) is 20.1 Å². The van der Waals surface area contributed by atoms with Crippen LogP contribution in [-0.2, 0) is 4.74 Å². The van der Waals surface area contributed by atoms with Crippen molar-refractivity contribution in [3.63, 3.8) is 0 Å². The number of ether oxygens (including phenoxy) is 1. The summed E-state index contributed by atoms with van der Waals surface area (Å²) >= 11 is 9.48. The highest BCUT2D eigenvalue weighted by Gasteiger charge is 2.41. The first-order chi connectivity index (χ1) is 16.1. The van der Waals surface area contributed by atoms with E-state index in [4.69, 9.17) is 21.4 Å². The molecule has 0 aliphatic carbocycles. The molecule has 0 spiro atoms. The highest BCUT2D eigenvalue weighted by Crippen LogP contribution is 2.41. The molecular formula is C25H27BrN4O2S. The lowest BCUT2D eigenvalue weighted by Crippen LogP contribution is -2.42. The second-order valence-corrected chi connectivity index (χ2v) is 9.70. The van der Waals surface area contributed by atoms with E-state index in [0.717, 1.165) is 71.8 Å². The van der Waals surface area contributed by atoms with Crippen LogP contribution in [0.15, 0.2) is 63.6 Å². The van der Waals surface area contributed by atoms with Gasteiger partial charge in [-0.1, -0.05) is 28.1 Å². The van der Waals surface area contributed by atoms with Crippen LogP contribution in [0.4, 0.5) is 0 Å². The number of aromatic nitrogens is 1. The smallest absolute Gasteiger partial charge is 0.170 e. The average Bonchev–Trinajstić information content (AvgIpc) is 3.43. The van der Waals surface area contributed by atoms with E-state index >= 15 is 0 Å². The van der Waals surface area contributed by atoms with Gasteiger partial charge in [0.1, 0.15) is 17.6 Å². The third-order valence-corrected chi connectivity index (χ3v) is 7.28. The van der Waals surface area contributed by atoms with Gasteiger partial charge >= 0.3 is 0 Å². The second-order valence-electron chi connectivity index (χ2n) is 8.46. The zero-order valence-electron chi connectivity index (χ0n) is 18.5. The van der Waals surface area contributed by atoms with E-state index in [1.165, 1.54) is 5.56 Å². The van der Waals surface area contributed by atoms with Gasteiger partial charge in [0.2, 0.25) is 0 Å². The fraction of sp³-hybridized carbons (Fsp3) is 0.360. The van der Waals surface area contributed by atoms with Crippen LogP contribution in [0.3, 0.4) is 0 Å². The summed E-state index contributed by atoms with van der Waals surface area (Å²) in [6.07, 6.45) is 1.82. The number of hydrogen-bond donors (Lipinski definition) is 1. The third kappa shape index (κ3) is 4.84. The normalized spacial score (nSPS) is 21.4. The Bertz CT molecular complexity index is 1120. The molecule has 0 bridgehead atoms. The molecule has 8 heteroatoms. The van der Waals surface area contributed by atoms with Crippen LogP contribution in [0.1, 0.15) is 29.1 Å². The molecule has 2 fully saturated rings. The molecule has 0 saturated carbocycles. The molecule has 5 rings (SSSR count). The van der Waals surface area contributed by atoms with Crippen molar-refractivity contribution in [2.45, 2.75) is 19.0 Å². The predicted octanol–water partition coefficient (Wildman–Crippen LogP) is 4.72. The Balaban J connectivity index is 1.45. The lowest BCUT2D eigenvalue weighted by atomic mass is 10.0. The summed E-state index contributed by atoms with van der Waals surface area (Å²) in [4.78, 5) is 9.29. The summed E-state index contributed by atoms with van der Waals surface area (Å²) in [5.41, 5.74) is 3.19. The Kier molecular flexibility index (Phi) is 6.78. The molecule has 1 N–H and O–H groups in total. The van der Waals surface area contributed by atoms with E-state index in [2.05, 4.69) is 67.2 Å². The number of nitrogens with zero attached hydrogens (tertiary/aromatic N) is 3. The van der Waals surface area contributed by atoms with Crippen LogP contribution < -0.4 is 5.32 Å². The number of thiocarbonyl (C=S) groups is 1. The van der Waals surface area contributed by atoms with Crippen LogP contribution in [-0.4, -0.2) is 59.3 Å². The van der Waals surface area contributed by atoms with Gasteiger partial charge in [-0.15, -0.1) is 0 Å². The fourth-order valence-corrected chi connectivity index (χ4v) is 5.53. The van der Waals surface area contributed by atoms with Crippen molar-refractivity contribution >= 4 is 33.3 Å². The number of halogens is 1. The Morgan fingerprint density at radius 1 is 1.12 bits per heavy atom. The first-order valence-electron chi connectivity index (χ1n) is 11.2. The number of furan rings is 1. The van der Waals surface area contributed by atoms with Gasteiger partial charge in [0.05, 0.1) is 24.9 Å². The number of hydrogen-bond acceptors (Lipinski definition) is 5. The SMILES string of the molecule is Cc1ccc(-c2ccc([C@H]3[C@@H](c4ccccn4)NC(=S)N3CCN3CCOCC3)o2)c(Br)c1. The molecule has 0 radical (unpaired) electrons. The molecule has 1 aromatic carbocycles. The van der Waals surface area contributed by atoms with Gasteiger partial charge in [0, 0.05) is 42.4 Å². The quantitative estimate of drug-likeness (QED) is 0.466. The van der Waals surface area contributed by atoms with Gasteiger partial charge in [0.25, 0.3) is 0 Å². The first-order valence-corrected chi connectivity index (χ1v) is 12.4. The molecule has 0 unspecified atom stereocenters. The molecule has 0 amide bonds. The van der Waals surface area contributed by atoms with Crippen molar-refractivity contribution in [3.05, 3.63) is 76.2 Å². The number of aryl methyl sites for hydroxylation is 1. The standard InChI is InChI=1S/C25H27BrN4O2S/c1-17-5-6-18(19(26)16-17)21-7-8-22(32-21)24-23(20-4-2-3-9-27-20)28-25(33)30(24)11-10-29-12-14-31-15-13-29/h2-9,16,23-24H,10-15H2,1H3,(H,28,33)/t23-,24+/m1/s1. The largest absolute Gasteiger partial charge is 0.459 e. The summed E-state index contributed by atoms with van der Waals surface area (Å²) in [6.45, 7) is 7.30. The Labute approximate surface area is 208 Å². The molecule has 2 aliphatic rings. The van der Waals surface area contributed by atoms with E-state index in [-0.39, 0.29) is 12.1 Å². The predicted molar refractivity (Wildman–Crippen MR) is 136 cm³/mol. The topological polar surface area (TPSA) is 53.8 Å². The van der Waals surface area contributed by atoms with Crippen molar-refractivity contribution in [1.29, 1.82) is 0 Å². The van der Waals surface area contributed by atoms with Crippen molar-refractivity contribution in [3.8, 4) is 11.3 Å². The highest BCUT2D eigenvalue weighted by molar-refractivity contribution is 9.10. The van der Waals surface area contributed by atoms with Gasteiger partial charge < -0.3 is 19.4 Å². The molecule has 2 aromatic heterocycles. The van der Waals surface area contributed by atoms with Crippen LogP contribution in [0.5, 0.6) is 0 Å². The molecule has 172 valence electrons. The molecular weight excluding hydrogens is 500 g/mol. The van der Waals surface area contributed by atoms with Gasteiger partial charge in [-0.2, -0.15) is 0 Å². The molecule has 2 aliphatic heterocycles. The minimum atomic E-state index is -0.0798. The van der Waals surface area contributed by atoms with Crippen LogP contribution in [0.25, 0.3) is 11.3 Å². The Morgan fingerprint density at radius 2 is 1.97 bits per heavy atom. The maximum Gasteiger partial charge on any atom is 0.170 e. The molecule has 4 heterocycles. The van der Waals surface area contributed by atoms with Gasteiger partial charge in [-0.25, -0.2) is 0 Å². The average molecular weight is 527 g/mol. The second kappa shape index (κ2) is 9.93. The summed E-state index contributed by atoms with van der Waals surface area (Å²) in [5.74, 6) is 1.71. The fourth-order valence-electron chi connectivity index (χ4n) is 4.51. The van der Waals surface area contributed by atoms with Crippen molar-refractivity contribution in [2.24, 2.45) is 0 Å². The summed E-state index contributed by atoms with van der Waals surface area (Å²) in [5, 5.41) is 4.24. The Morgan fingerprint density at radius 3 is 2.73 bits per heavy atom. The summed E-state index contributed by atoms with van der Waals surface area (Å²) in [7, 11) is 0. The lowest BCUT2D eigenvalue weighted by Gasteiger charge is -2.31. The highest BCUT2D eigenvalue weighted by atomic mass is 79.9. The summed E-state index contributed by atoms with van der Waals surface area (Å²) < 4.78 is 13.0.